The summed E-state index contributed by atoms with van der Waals surface area (Å²) in [4.78, 5) is 4.34. The number of nitrogens with zero attached hydrogens (tertiary/aromatic N) is 2. The predicted molar refractivity (Wildman–Crippen MR) is 77.5 cm³/mol. The first-order valence-corrected chi connectivity index (χ1v) is 8.13. The Morgan fingerprint density at radius 2 is 2.21 bits per heavy atom. The SMILES string of the molecule is Cc1cc2c(cc1F)nc(CCl)n2CC(C)S(C)=O. The molecule has 0 aliphatic heterocycles. The van der Waals surface area contributed by atoms with Gasteiger partial charge in [0.15, 0.2) is 0 Å². The minimum atomic E-state index is -0.924. The third-order valence-corrected chi connectivity index (χ3v) is 4.75. The molecule has 0 aliphatic carbocycles. The molecule has 0 radical (unpaired) electrons. The van der Waals surface area contributed by atoms with Gasteiger partial charge in [0.25, 0.3) is 0 Å². The highest BCUT2D eigenvalue weighted by molar-refractivity contribution is 7.84. The van der Waals surface area contributed by atoms with E-state index in [-0.39, 0.29) is 16.9 Å². The van der Waals surface area contributed by atoms with Gasteiger partial charge in [0.05, 0.1) is 16.9 Å². The van der Waals surface area contributed by atoms with Crippen LogP contribution in [0.15, 0.2) is 12.1 Å². The van der Waals surface area contributed by atoms with Crippen LogP contribution in [0, 0.1) is 12.7 Å². The minimum absolute atomic E-state index is 0.00951. The first-order valence-electron chi connectivity index (χ1n) is 5.97. The number of imidazole rings is 1. The molecule has 1 heterocycles. The number of alkyl halides is 1. The molecule has 1 aromatic heterocycles. The van der Waals surface area contributed by atoms with E-state index in [0.717, 1.165) is 5.52 Å². The number of aryl methyl sites for hydroxylation is 1. The van der Waals surface area contributed by atoms with Crippen molar-refractivity contribution in [1.82, 2.24) is 9.55 Å². The van der Waals surface area contributed by atoms with Crippen molar-refractivity contribution in [1.29, 1.82) is 0 Å². The molecule has 2 unspecified atom stereocenters. The molecule has 19 heavy (non-hydrogen) atoms. The van der Waals surface area contributed by atoms with Crippen LogP contribution in [0.2, 0.25) is 0 Å². The Morgan fingerprint density at radius 1 is 1.53 bits per heavy atom. The Bertz CT molecular complexity index is 641. The molecule has 0 bridgehead atoms. The zero-order valence-corrected chi connectivity index (χ0v) is 12.7. The van der Waals surface area contributed by atoms with Crippen LogP contribution < -0.4 is 0 Å². The van der Waals surface area contributed by atoms with Crippen LogP contribution in [0.25, 0.3) is 11.0 Å². The van der Waals surface area contributed by atoms with E-state index in [0.29, 0.717) is 23.4 Å². The molecule has 2 rings (SSSR count). The topological polar surface area (TPSA) is 34.9 Å². The van der Waals surface area contributed by atoms with Crippen LogP contribution in [0.3, 0.4) is 0 Å². The highest BCUT2D eigenvalue weighted by atomic mass is 35.5. The van der Waals surface area contributed by atoms with Gasteiger partial charge >= 0.3 is 0 Å². The summed E-state index contributed by atoms with van der Waals surface area (Å²) in [5.74, 6) is 0.655. The molecule has 6 heteroatoms. The van der Waals surface area contributed by atoms with E-state index in [2.05, 4.69) is 4.98 Å². The summed E-state index contributed by atoms with van der Waals surface area (Å²) >= 11 is 5.89. The van der Waals surface area contributed by atoms with Crippen LogP contribution in [0.1, 0.15) is 18.3 Å². The van der Waals surface area contributed by atoms with Gasteiger partial charge in [0.1, 0.15) is 11.6 Å². The first-order chi connectivity index (χ1) is 8.93. The molecule has 1 aromatic carbocycles. The van der Waals surface area contributed by atoms with Crippen molar-refractivity contribution in [3.63, 3.8) is 0 Å². The molecule has 3 nitrogen and oxygen atoms in total. The van der Waals surface area contributed by atoms with Gasteiger partial charge in [-0.15, -0.1) is 11.6 Å². The summed E-state index contributed by atoms with van der Waals surface area (Å²) in [7, 11) is -0.924. The van der Waals surface area contributed by atoms with Gasteiger partial charge in [-0.05, 0) is 25.5 Å². The van der Waals surface area contributed by atoms with Gasteiger partial charge in [-0.2, -0.15) is 0 Å². The Morgan fingerprint density at radius 3 is 2.79 bits per heavy atom. The van der Waals surface area contributed by atoms with E-state index in [1.807, 2.05) is 11.5 Å². The highest BCUT2D eigenvalue weighted by Gasteiger charge is 2.16. The number of aromatic nitrogens is 2. The molecule has 0 amide bonds. The molecule has 0 fully saturated rings. The fourth-order valence-electron chi connectivity index (χ4n) is 1.97. The fourth-order valence-corrected chi connectivity index (χ4v) is 2.53. The third kappa shape index (κ3) is 2.82. The Kier molecular flexibility index (Phi) is 4.26. The van der Waals surface area contributed by atoms with Gasteiger partial charge < -0.3 is 4.57 Å². The molecule has 0 N–H and O–H groups in total. The van der Waals surface area contributed by atoms with Gasteiger partial charge in [-0.3, -0.25) is 4.21 Å². The maximum atomic E-state index is 13.6. The molecule has 104 valence electrons. The Hall–Kier alpha value is -0.940. The van der Waals surface area contributed by atoms with Crippen LogP contribution in [-0.4, -0.2) is 25.3 Å². The maximum absolute atomic E-state index is 13.6. The van der Waals surface area contributed by atoms with Crippen LogP contribution in [-0.2, 0) is 23.2 Å². The zero-order valence-electron chi connectivity index (χ0n) is 11.1. The van der Waals surface area contributed by atoms with Gasteiger partial charge in [-0.1, -0.05) is 0 Å². The van der Waals surface area contributed by atoms with Gasteiger partial charge in [0, 0.05) is 34.9 Å². The molecule has 0 saturated carbocycles. The second-order valence-corrected chi connectivity index (χ2v) is 6.74. The summed E-state index contributed by atoms with van der Waals surface area (Å²) in [6, 6.07) is 3.18. The standard InChI is InChI=1S/C13H16ClFN2OS/c1-8-4-12-11(5-10(8)15)16-13(6-14)17(12)7-9(2)19(3)18/h4-5,9H,6-7H2,1-3H3. The number of rotatable bonds is 4. The largest absolute Gasteiger partial charge is 0.326 e. The van der Waals surface area contributed by atoms with Crippen molar-refractivity contribution in [2.24, 2.45) is 0 Å². The minimum Gasteiger partial charge on any atom is -0.326 e. The fraction of sp³-hybridized carbons (Fsp3) is 0.462. The lowest BCUT2D eigenvalue weighted by atomic mass is 10.2. The second kappa shape index (κ2) is 5.59. The number of halogens is 2. The summed E-state index contributed by atoms with van der Waals surface area (Å²) in [5, 5.41) is -0.00951. The van der Waals surface area contributed by atoms with E-state index in [9.17, 15) is 8.60 Å². The predicted octanol–water partition coefficient (Wildman–Crippen LogP) is 2.99. The van der Waals surface area contributed by atoms with E-state index >= 15 is 0 Å². The van der Waals surface area contributed by atoms with E-state index < -0.39 is 10.8 Å². The quantitative estimate of drug-likeness (QED) is 0.814. The number of fused-ring (bicyclic) bond motifs is 1. The first kappa shape index (κ1) is 14.5. The maximum Gasteiger partial charge on any atom is 0.128 e. The number of hydrogen-bond donors (Lipinski definition) is 0. The number of benzene rings is 1. The Balaban J connectivity index is 2.56. The molecular weight excluding hydrogens is 287 g/mol. The number of hydrogen-bond acceptors (Lipinski definition) is 2. The summed E-state index contributed by atoms with van der Waals surface area (Å²) in [6.07, 6.45) is 1.68. The average molecular weight is 303 g/mol. The molecule has 2 aromatic rings. The summed E-state index contributed by atoms with van der Waals surface area (Å²) < 4.78 is 27.0. The van der Waals surface area contributed by atoms with Crippen LogP contribution >= 0.6 is 11.6 Å². The van der Waals surface area contributed by atoms with Crippen LogP contribution in [0.5, 0.6) is 0 Å². The van der Waals surface area contributed by atoms with E-state index in [1.165, 1.54) is 6.07 Å². The second-order valence-electron chi connectivity index (χ2n) is 4.67. The molecule has 0 saturated heterocycles. The van der Waals surface area contributed by atoms with Crippen molar-refractivity contribution < 1.29 is 8.60 Å². The van der Waals surface area contributed by atoms with E-state index in [1.54, 1.807) is 19.2 Å². The monoisotopic (exact) mass is 302 g/mol. The van der Waals surface area contributed by atoms with Crippen molar-refractivity contribution in [3.8, 4) is 0 Å². The van der Waals surface area contributed by atoms with Crippen molar-refractivity contribution in [2.75, 3.05) is 6.26 Å². The average Bonchev–Trinajstić information content (AvgIpc) is 2.67. The molecular formula is C13H16ClFN2OS. The summed E-state index contributed by atoms with van der Waals surface area (Å²) in [6.45, 7) is 4.19. The molecule has 2 atom stereocenters. The van der Waals surface area contributed by atoms with Gasteiger partial charge in [-0.25, -0.2) is 9.37 Å². The van der Waals surface area contributed by atoms with Crippen LogP contribution in [0.4, 0.5) is 4.39 Å². The normalized spacial score (nSPS) is 14.8. The highest BCUT2D eigenvalue weighted by Crippen LogP contribution is 2.22. The zero-order chi connectivity index (χ0) is 14.2. The lowest BCUT2D eigenvalue weighted by Gasteiger charge is -2.12. The van der Waals surface area contributed by atoms with Crippen molar-refractivity contribution in [3.05, 3.63) is 29.3 Å². The lowest BCUT2D eigenvalue weighted by Crippen LogP contribution is -2.18. The molecule has 0 spiro atoms. The molecule has 0 aliphatic rings. The van der Waals surface area contributed by atoms with Gasteiger partial charge in [0.2, 0.25) is 0 Å². The third-order valence-electron chi connectivity index (χ3n) is 3.23. The van der Waals surface area contributed by atoms with Crippen molar-refractivity contribution >= 4 is 33.4 Å². The van der Waals surface area contributed by atoms with Crippen molar-refractivity contribution in [2.45, 2.75) is 31.5 Å². The van der Waals surface area contributed by atoms with E-state index in [4.69, 9.17) is 11.6 Å². The summed E-state index contributed by atoms with van der Waals surface area (Å²) in [5.41, 5.74) is 2.00. The lowest BCUT2D eigenvalue weighted by molar-refractivity contribution is 0.619. The Labute approximate surface area is 119 Å². The smallest absolute Gasteiger partial charge is 0.128 e.